The first-order chi connectivity index (χ1) is 13.0. The van der Waals surface area contributed by atoms with Crippen LogP contribution in [0.4, 0.5) is 10.5 Å². The van der Waals surface area contributed by atoms with Crippen molar-refractivity contribution in [3.05, 3.63) is 29.3 Å². The van der Waals surface area contributed by atoms with E-state index >= 15 is 0 Å². The quantitative estimate of drug-likeness (QED) is 0.826. The second-order valence-electron chi connectivity index (χ2n) is 7.09. The highest BCUT2D eigenvalue weighted by Gasteiger charge is 2.36. The van der Waals surface area contributed by atoms with Gasteiger partial charge in [-0.05, 0) is 30.9 Å². The fraction of sp³-hybridized carbons (Fsp3) is 0.550. The van der Waals surface area contributed by atoms with Gasteiger partial charge in [0.25, 0.3) is 0 Å². The first kappa shape index (κ1) is 19.2. The zero-order valence-electron chi connectivity index (χ0n) is 16.0. The zero-order valence-corrected chi connectivity index (χ0v) is 16.0. The number of nitrogens with one attached hydrogen (secondary N) is 1. The molecule has 0 spiro atoms. The lowest BCUT2D eigenvalue weighted by Crippen LogP contribution is -2.43. The molecular formula is C20H27N3O4. The number of carbonyl (C=O) groups excluding carboxylic acids is 3. The van der Waals surface area contributed by atoms with E-state index in [4.69, 9.17) is 4.74 Å². The van der Waals surface area contributed by atoms with Gasteiger partial charge in [0.2, 0.25) is 11.8 Å². The molecule has 2 saturated heterocycles. The standard InChI is InChI=1S/C20H27N3O4/c1-3-15-7-4-6-14(2)18(15)23-13-16(12-17(23)24)19(25)21-8-10-22-9-5-11-27-20(22)26/h4,6-7,16H,3,5,8-13H2,1-2H3,(H,21,25)/t16-/m1/s1. The van der Waals surface area contributed by atoms with E-state index in [9.17, 15) is 14.4 Å². The summed E-state index contributed by atoms with van der Waals surface area (Å²) in [4.78, 5) is 40.0. The van der Waals surface area contributed by atoms with Gasteiger partial charge in [-0.2, -0.15) is 0 Å². The van der Waals surface area contributed by atoms with Gasteiger partial charge in [0.15, 0.2) is 0 Å². The second kappa shape index (κ2) is 8.41. The van der Waals surface area contributed by atoms with Crippen molar-refractivity contribution in [3.8, 4) is 0 Å². The van der Waals surface area contributed by atoms with E-state index in [1.165, 1.54) is 0 Å². The summed E-state index contributed by atoms with van der Waals surface area (Å²) >= 11 is 0. The summed E-state index contributed by atoms with van der Waals surface area (Å²) < 4.78 is 4.98. The van der Waals surface area contributed by atoms with Gasteiger partial charge < -0.3 is 19.9 Å². The summed E-state index contributed by atoms with van der Waals surface area (Å²) in [6, 6.07) is 6.02. The van der Waals surface area contributed by atoms with Gasteiger partial charge >= 0.3 is 6.09 Å². The molecule has 27 heavy (non-hydrogen) atoms. The maximum absolute atomic E-state index is 12.6. The summed E-state index contributed by atoms with van der Waals surface area (Å²) in [7, 11) is 0. The number of cyclic esters (lactones) is 1. The molecule has 0 bridgehead atoms. The Bertz CT molecular complexity index is 734. The van der Waals surface area contributed by atoms with Crippen molar-refractivity contribution >= 4 is 23.6 Å². The van der Waals surface area contributed by atoms with Crippen LogP contribution in [0.25, 0.3) is 0 Å². The van der Waals surface area contributed by atoms with Gasteiger partial charge in [0.1, 0.15) is 0 Å². The summed E-state index contributed by atoms with van der Waals surface area (Å²) in [5, 5.41) is 2.86. The third kappa shape index (κ3) is 4.23. The molecule has 0 aliphatic carbocycles. The van der Waals surface area contributed by atoms with Crippen molar-refractivity contribution in [3.63, 3.8) is 0 Å². The Labute approximate surface area is 159 Å². The van der Waals surface area contributed by atoms with Crippen LogP contribution in [-0.4, -0.2) is 55.6 Å². The molecule has 1 aromatic rings. The monoisotopic (exact) mass is 373 g/mol. The Kier molecular flexibility index (Phi) is 5.98. The number of para-hydroxylation sites is 1. The van der Waals surface area contributed by atoms with Gasteiger partial charge in [-0.25, -0.2) is 4.79 Å². The molecule has 1 atom stereocenters. The molecule has 0 aromatic heterocycles. The van der Waals surface area contributed by atoms with Crippen LogP contribution in [0.1, 0.15) is 30.9 Å². The third-order valence-electron chi connectivity index (χ3n) is 5.21. The van der Waals surface area contributed by atoms with E-state index in [1.54, 1.807) is 9.80 Å². The molecule has 2 heterocycles. The van der Waals surface area contributed by atoms with Crippen LogP contribution in [0.2, 0.25) is 0 Å². The molecule has 2 fully saturated rings. The predicted octanol–water partition coefficient (Wildman–Crippen LogP) is 1.87. The Balaban J connectivity index is 1.57. The fourth-order valence-corrected chi connectivity index (χ4v) is 3.75. The Hall–Kier alpha value is -2.57. The normalized spacial score (nSPS) is 20.0. The molecule has 2 aliphatic heterocycles. The molecule has 0 radical (unpaired) electrons. The predicted molar refractivity (Wildman–Crippen MR) is 102 cm³/mol. The van der Waals surface area contributed by atoms with Crippen LogP contribution >= 0.6 is 0 Å². The minimum Gasteiger partial charge on any atom is -0.449 e. The van der Waals surface area contributed by atoms with Crippen molar-refractivity contribution in [2.45, 2.75) is 33.1 Å². The molecule has 1 N–H and O–H groups in total. The highest BCUT2D eigenvalue weighted by Crippen LogP contribution is 2.31. The van der Waals surface area contributed by atoms with E-state index in [-0.39, 0.29) is 30.2 Å². The number of anilines is 1. The second-order valence-corrected chi connectivity index (χ2v) is 7.09. The van der Waals surface area contributed by atoms with Gasteiger partial charge in [-0.1, -0.05) is 25.1 Å². The number of amides is 3. The smallest absolute Gasteiger partial charge is 0.409 e. The van der Waals surface area contributed by atoms with E-state index in [2.05, 4.69) is 12.2 Å². The molecule has 7 nitrogen and oxygen atoms in total. The summed E-state index contributed by atoms with van der Waals surface area (Å²) in [5.41, 5.74) is 3.11. The lowest BCUT2D eigenvalue weighted by atomic mass is 10.0. The summed E-state index contributed by atoms with van der Waals surface area (Å²) in [6.45, 7) is 6.35. The average Bonchev–Trinajstić information content (AvgIpc) is 3.04. The van der Waals surface area contributed by atoms with Gasteiger partial charge in [-0.3, -0.25) is 9.59 Å². The molecule has 2 aliphatic rings. The van der Waals surface area contributed by atoms with Crippen LogP contribution in [0.15, 0.2) is 18.2 Å². The number of rotatable bonds is 6. The maximum Gasteiger partial charge on any atom is 0.409 e. The van der Waals surface area contributed by atoms with E-state index in [0.717, 1.165) is 29.7 Å². The lowest BCUT2D eigenvalue weighted by Gasteiger charge is -2.26. The van der Waals surface area contributed by atoms with Crippen LogP contribution in [0, 0.1) is 12.8 Å². The Morgan fingerprint density at radius 1 is 1.33 bits per heavy atom. The number of hydrogen-bond donors (Lipinski definition) is 1. The third-order valence-corrected chi connectivity index (χ3v) is 5.21. The van der Waals surface area contributed by atoms with Crippen LogP contribution in [0.3, 0.4) is 0 Å². The van der Waals surface area contributed by atoms with Crippen molar-refractivity contribution in [1.29, 1.82) is 0 Å². The molecule has 0 unspecified atom stereocenters. The van der Waals surface area contributed by atoms with Crippen LogP contribution in [-0.2, 0) is 20.7 Å². The fourth-order valence-electron chi connectivity index (χ4n) is 3.75. The number of nitrogens with zero attached hydrogens (tertiary/aromatic N) is 2. The summed E-state index contributed by atoms with van der Waals surface area (Å²) in [5.74, 6) is -0.517. The zero-order chi connectivity index (χ0) is 19.4. The molecule has 7 heteroatoms. The summed E-state index contributed by atoms with van der Waals surface area (Å²) in [6.07, 6.45) is 1.53. The largest absolute Gasteiger partial charge is 0.449 e. The van der Waals surface area contributed by atoms with Gasteiger partial charge in [0, 0.05) is 38.3 Å². The molecule has 3 rings (SSSR count). The number of aryl methyl sites for hydroxylation is 2. The van der Waals surface area contributed by atoms with Crippen molar-refractivity contribution in [1.82, 2.24) is 10.2 Å². The first-order valence-corrected chi connectivity index (χ1v) is 9.59. The topological polar surface area (TPSA) is 79.0 Å². The first-order valence-electron chi connectivity index (χ1n) is 9.59. The molecule has 146 valence electrons. The van der Waals surface area contributed by atoms with Gasteiger partial charge in [-0.15, -0.1) is 0 Å². The van der Waals surface area contributed by atoms with Crippen molar-refractivity contribution < 1.29 is 19.1 Å². The lowest BCUT2D eigenvalue weighted by molar-refractivity contribution is -0.126. The highest BCUT2D eigenvalue weighted by molar-refractivity contribution is 6.01. The van der Waals surface area contributed by atoms with E-state index in [0.29, 0.717) is 32.8 Å². The minimum atomic E-state index is -0.366. The molecule has 3 amide bonds. The van der Waals surface area contributed by atoms with Crippen molar-refractivity contribution in [2.24, 2.45) is 5.92 Å². The van der Waals surface area contributed by atoms with Crippen molar-refractivity contribution in [2.75, 3.05) is 37.7 Å². The highest BCUT2D eigenvalue weighted by atomic mass is 16.6. The van der Waals surface area contributed by atoms with E-state index < -0.39 is 0 Å². The minimum absolute atomic E-state index is 0.0150. The van der Waals surface area contributed by atoms with Gasteiger partial charge in [0.05, 0.1) is 12.5 Å². The number of hydrogen-bond acceptors (Lipinski definition) is 4. The Morgan fingerprint density at radius 3 is 2.89 bits per heavy atom. The number of ether oxygens (including phenoxy) is 1. The van der Waals surface area contributed by atoms with Crippen LogP contribution < -0.4 is 10.2 Å². The average molecular weight is 373 g/mol. The molecular weight excluding hydrogens is 346 g/mol. The maximum atomic E-state index is 12.6. The van der Waals surface area contributed by atoms with Crippen LogP contribution in [0.5, 0.6) is 0 Å². The number of benzene rings is 1. The SMILES string of the molecule is CCc1cccc(C)c1N1C[C@H](C(=O)NCCN2CCCOC2=O)CC1=O. The molecule has 0 saturated carbocycles. The van der Waals surface area contributed by atoms with E-state index in [1.807, 2.05) is 25.1 Å². The Morgan fingerprint density at radius 2 is 2.15 bits per heavy atom. The molecule has 1 aromatic carbocycles. The number of carbonyl (C=O) groups is 3.